The van der Waals surface area contributed by atoms with Gasteiger partial charge in [-0.05, 0) is 15.9 Å². The number of aliphatic carboxylic acids is 1. The highest BCUT2D eigenvalue weighted by molar-refractivity contribution is 9.10. The molecule has 0 aromatic carbocycles. The molecular weight excluding hydrogens is 244 g/mol. The molecule has 0 spiro atoms. The second-order valence-corrected chi connectivity index (χ2v) is 4.47. The molecule has 0 amide bonds. The van der Waals surface area contributed by atoms with E-state index in [0.717, 1.165) is 0 Å². The van der Waals surface area contributed by atoms with Gasteiger partial charge in [-0.1, -0.05) is 0 Å². The van der Waals surface area contributed by atoms with Crippen molar-refractivity contribution >= 4 is 27.9 Å². The fourth-order valence-corrected chi connectivity index (χ4v) is 1.76. The smallest absolute Gasteiger partial charge is 0.352 e. The van der Waals surface area contributed by atoms with Gasteiger partial charge in [0, 0.05) is 13.8 Å². The summed E-state index contributed by atoms with van der Waals surface area (Å²) in [4.78, 5) is 21.6. The number of halogens is 1. The maximum absolute atomic E-state index is 11.2. The van der Waals surface area contributed by atoms with Gasteiger partial charge in [0.15, 0.2) is 0 Å². The summed E-state index contributed by atoms with van der Waals surface area (Å²) in [6, 6.07) is 0. The second-order valence-electron chi connectivity index (χ2n) is 3.19. The molecule has 1 rings (SSSR count). The average Bonchev–Trinajstić information content (AvgIpc) is 1.98. The minimum Gasteiger partial charge on any atom is -0.481 e. The zero-order valence-corrected chi connectivity index (χ0v) is 8.75. The number of alkyl halides is 1. The molecule has 74 valence electrons. The SMILES string of the molecule is CC1(C)OC(=O)C(Br)(CC(=O)O)O1. The van der Waals surface area contributed by atoms with Gasteiger partial charge in [-0.25, -0.2) is 4.79 Å². The molecule has 0 aromatic heterocycles. The molecule has 5 nitrogen and oxygen atoms in total. The Labute approximate surface area is 83.1 Å². The largest absolute Gasteiger partial charge is 0.481 e. The number of ether oxygens (including phenoxy) is 2. The molecular formula is C7H9BrO5. The Morgan fingerprint density at radius 1 is 1.62 bits per heavy atom. The lowest BCUT2D eigenvalue weighted by molar-refractivity contribution is -0.162. The van der Waals surface area contributed by atoms with Crippen molar-refractivity contribution in [3.63, 3.8) is 0 Å². The first-order chi connectivity index (χ1) is 5.75. The van der Waals surface area contributed by atoms with Gasteiger partial charge in [-0.3, -0.25) is 4.79 Å². The van der Waals surface area contributed by atoms with Gasteiger partial charge >= 0.3 is 11.9 Å². The highest BCUT2D eigenvalue weighted by atomic mass is 79.9. The van der Waals surface area contributed by atoms with Crippen molar-refractivity contribution in [3.05, 3.63) is 0 Å². The van der Waals surface area contributed by atoms with Crippen molar-refractivity contribution in [1.82, 2.24) is 0 Å². The molecule has 1 atom stereocenters. The summed E-state index contributed by atoms with van der Waals surface area (Å²) in [6.45, 7) is 3.07. The van der Waals surface area contributed by atoms with E-state index in [1.54, 1.807) is 0 Å². The topological polar surface area (TPSA) is 72.8 Å². The number of carbonyl (C=O) groups is 2. The third-order valence-corrected chi connectivity index (χ3v) is 2.20. The monoisotopic (exact) mass is 252 g/mol. The minimum atomic E-state index is -1.54. The molecule has 1 aliphatic rings. The Bertz CT molecular complexity index is 262. The van der Waals surface area contributed by atoms with Crippen LogP contribution in [-0.2, 0) is 19.1 Å². The quantitative estimate of drug-likeness (QED) is 0.583. The first-order valence-electron chi connectivity index (χ1n) is 3.59. The molecule has 0 bridgehead atoms. The van der Waals surface area contributed by atoms with Gasteiger partial charge in [0.05, 0.1) is 6.42 Å². The number of carboxylic acid groups (broad SMARTS) is 1. The van der Waals surface area contributed by atoms with Crippen molar-refractivity contribution < 1.29 is 24.2 Å². The number of hydrogen-bond donors (Lipinski definition) is 1. The number of esters is 1. The molecule has 1 N–H and O–H groups in total. The Morgan fingerprint density at radius 2 is 2.15 bits per heavy atom. The van der Waals surface area contributed by atoms with Crippen LogP contribution in [0.15, 0.2) is 0 Å². The van der Waals surface area contributed by atoms with Crippen LogP contribution in [0.4, 0.5) is 0 Å². The Kier molecular flexibility index (Phi) is 2.38. The molecule has 6 heteroatoms. The zero-order valence-electron chi connectivity index (χ0n) is 7.17. The van der Waals surface area contributed by atoms with E-state index in [2.05, 4.69) is 15.9 Å². The van der Waals surface area contributed by atoms with Crippen molar-refractivity contribution in [2.24, 2.45) is 0 Å². The van der Waals surface area contributed by atoms with Gasteiger partial charge in [-0.15, -0.1) is 0 Å². The Hall–Kier alpha value is -0.620. The maximum atomic E-state index is 11.2. The Morgan fingerprint density at radius 3 is 2.46 bits per heavy atom. The lowest BCUT2D eigenvalue weighted by Gasteiger charge is -2.18. The van der Waals surface area contributed by atoms with Gasteiger partial charge in [-0.2, -0.15) is 0 Å². The summed E-state index contributed by atoms with van der Waals surface area (Å²) in [5.74, 6) is -2.91. The van der Waals surface area contributed by atoms with Crippen LogP contribution in [-0.4, -0.2) is 27.3 Å². The number of carboxylic acids is 1. The number of carbonyl (C=O) groups excluding carboxylic acids is 1. The van der Waals surface area contributed by atoms with Crippen LogP contribution in [0, 0.1) is 0 Å². The normalized spacial score (nSPS) is 31.5. The minimum absolute atomic E-state index is 0.463. The first-order valence-corrected chi connectivity index (χ1v) is 4.39. The zero-order chi connectivity index (χ0) is 10.3. The molecule has 1 aliphatic heterocycles. The second kappa shape index (κ2) is 2.95. The van der Waals surface area contributed by atoms with Crippen LogP contribution in [0.2, 0.25) is 0 Å². The Balaban J connectivity index is 2.81. The van der Waals surface area contributed by atoms with E-state index < -0.39 is 28.7 Å². The van der Waals surface area contributed by atoms with E-state index in [9.17, 15) is 9.59 Å². The van der Waals surface area contributed by atoms with Gasteiger partial charge in [0.25, 0.3) is 0 Å². The summed E-state index contributed by atoms with van der Waals surface area (Å²) in [7, 11) is 0. The molecule has 0 aliphatic carbocycles. The third-order valence-electron chi connectivity index (χ3n) is 1.43. The van der Waals surface area contributed by atoms with E-state index in [-0.39, 0.29) is 0 Å². The summed E-state index contributed by atoms with van der Waals surface area (Å²) >= 11 is 2.91. The van der Waals surface area contributed by atoms with E-state index in [1.165, 1.54) is 13.8 Å². The molecule has 0 saturated carbocycles. The van der Waals surface area contributed by atoms with E-state index in [0.29, 0.717) is 0 Å². The molecule has 13 heavy (non-hydrogen) atoms. The molecule has 1 unspecified atom stereocenters. The van der Waals surface area contributed by atoms with Gasteiger partial charge in [0.1, 0.15) is 0 Å². The standard InChI is InChI=1S/C7H9BrO5/c1-6(2)12-5(11)7(8,13-6)3-4(9)10/h3H2,1-2H3,(H,9,10). The molecule has 0 aromatic rings. The molecule has 1 saturated heterocycles. The van der Waals surface area contributed by atoms with Crippen molar-refractivity contribution in [1.29, 1.82) is 0 Å². The summed E-state index contributed by atoms with van der Waals surface area (Å²) in [5.41, 5.74) is 0. The van der Waals surface area contributed by atoms with Crippen molar-refractivity contribution in [2.45, 2.75) is 30.6 Å². The maximum Gasteiger partial charge on any atom is 0.352 e. The number of rotatable bonds is 2. The van der Waals surface area contributed by atoms with Crippen LogP contribution in [0.3, 0.4) is 0 Å². The highest BCUT2D eigenvalue weighted by Gasteiger charge is 2.53. The number of hydrogen-bond acceptors (Lipinski definition) is 4. The summed E-state index contributed by atoms with van der Waals surface area (Å²) < 4.78 is 8.38. The molecule has 1 fully saturated rings. The van der Waals surface area contributed by atoms with Crippen molar-refractivity contribution in [2.75, 3.05) is 0 Å². The molecule has 0 radical (unpaired) electrons. The third kappa shape index (κ3) is 2.19. The van der Waals surface area contributed by atoms with Gasteiger partial charge in [0.2, 0.25) is 10.3 Å². The summed E-state index contributed by atoms with van der Waals surface area (Å²) in [6.07, 6.45) is -0.463. The van der Waals surface area contributed by atoms with Crippen molar-refractivity contribution in [3.8, 4) is 0 Å². The average molecular weight is 253 g/mol. The first kappa shape index (κ1) is 10.5. The highest BCUT2D eigenvalue weighted by Crippen LogP contribution is 2.39. The fraction of sp³-hybridized carbons (Fsp3) is 0.714. The van der Waals surface area contributed by atoms with Gasteiger partial charge < -0.3 is 14.6 Å². The predicted molar refractivity (Wildman–Crippen MR) is 45.2 cm³/mol. The van der Waals surface area contributed by atoms with Crippen LogP contribution in [0.5, 0.6) is 0 Å². The number of cyclic esters (lactones) is 1. The van der Waals surface area contributed by atoms with Crippen LogP contribution in [0.1, 0.15) is 20.3 Å². The molecule has 1 heterocycles. The lowest BCUT2D eigenvalue weighted by Crippen LogP contribution is -2.32. The summed E-state index contributed by atoms with van der Waals surface area (Å²) in [5, 5.41) is 8.51. The van der Waals surface area contributed by atoms with Crippen LogP contribution < -0.4 is 0 Å². The van der Waals surface area contributed by atoms with E-state index in [1.807, 2.05) is 0 Å². The lowest BCUT2D eigenvalue weighted by atomic mass is 10.2. The van der Waals surface area contributed by atoms with E-state index >= 15 is 0 Å². The van der Waals surface area contributed by atoms with Crippen LogP contribution in [0.25, 0.3) is 0 Å². The van der Waals surface area contributed by atoms with E-state index in [4.69, 9.17) is 14.6 Å². The fourth-order valence-electron chi connectivity index (χ4n) is 1.05. The predicted octanol–water partition coefficient (Wildman–Crippen LogP) is 0.862. The van der Waals surface area contributed by atoms with Crippen LogP contribution >= 0.6 is 15.9 Å².